The highest BCUT2D eigenvalue weighted by Gasteiger charge is 2.12. The molecule has 5 nitrogen and oxygen atoms in total. The highest BCUT2D eigenvalue weighted by molar-refractivity contribution is 7.98. The second-order valence-electron chi connectivity index (χ2n) is 4.26. The van der Waals surface area contributed by atoms with E-state index in [4.69, 9.17) is 5.73 Å². The van der Waals surface area contributed by atoms with E-state index in [1.54, 1.807) is 23.9 Å². The SMILES string of the molecule is CC(C)n1c(N)nnc1SCc1cccc(O)c1. The van der Waals surface area contributed by atoms with Crippen LogP contribution in [0, 0.1) is 0 Å². The Morgan fingerprint density at radius 2 is 2.17 bits per heavy atom. The molecule has 0 radical (unpaired) electrons. The molecule has 1 heterocycles. The highest BCUT2D eigenvalue weighted by Crippen LogP contribution is 2.26. The van der Waals surface area contributed by atoms with Gasteiger partial charge in [0.05, 0.1) is 0 Å². The Morgan fingerprint density at radius 1 is 1.39 bits per heavy atom. The van der Waals surface area contributed by atoms with E-state index < -0.39 is 0 Å². The maximum Gasteiger partial charge on any atom is 0.222 e. The maximum atomic E-state index is 9.39. The lowest BCUT2D eigenvalue weighted by atomic mass is 10.2. The van der Waals surface area contributed by atoms with Crippen LogP contribution in [0.15, 0.2) is 29.4 Å². The molecule has 2 aromatic rings. The van der Waals surface area contributed by atoms with Crippen molar-refractivity contribution >= 4 is 17.7 Å². The van der Waals surface area contributed by atoms with Crippen LogP contribution in [0.3, 0.4) is 0 Å². The summed E-state index contributed by atoms with van der Waals surface area (Å²) in [4.78, 5) is 0. The van der Waals surface area contributed by atoms with Crippen molar-refractivity contribution in [1.82, 2.24) is 14.8 Å². The smallest absolute Gasteiger partial charge is 0.222 e. The number of aromatic hydroxyl groups is 1. The summed E-state index contributed by atoms with van der Waals surface area (Å²) in [6.45, 7) is 4.08. The number of rotatable bonds is 4. The van der Waals surface area contributed by atoms with Gasteiger partial charge in [-0.1, -0.05) is 23.9 Å². The van der Waals surface area contributed by atoms with Gasteiger partial charge in [0.25, 0.3) is 0 Å². The summed E-state index contributed by atoms with van der Waals surface area (Å²) in [6, 6.07) is 7.42. The Kier molecular flexibility index (Phi) is 3.76. The maximum absolute atomic E-state index is 9.39. The Balaban J connectivity index is 2.11. The summed E-state index contributed by atoms with van der Waals surface area (Å²) < 4.78 is 1.90. The van der Waals surface area contributed by atoms with E-state index in [0.29, 0.717) is 5.95 Å². The van der Waals surface area contributed by atoms with Gasteiger partial charge in [-0.25, -0.2) is 0 Å². The molecular weight excluding hydrogens is 248 g/mol. The zero-order valence-electron chi connectivity index (χ0n) is 10.4. The number of nitrogen functional groups attached to an aromatic ring is 1. The van der Waals surface area contributed by atoms with Crippen molar-refractivity contribution in [2.75, 3.05) is 5.73 Å². The molecule has 0 saturated heterocycles. The van der Waals surface area contributed by atoms with Crippen LogP contribution in [0.5, 0.6) is 5.75 Å². The quantitative estimate of drug-likeness (QED) is 0.829. The summed E-state index contributed by atoms with van der Waals surface area (Å²) in [6.07, 6.45) is 0. The molecule has 0 fully saturated rings. The van der Waals surface area contributed by atoms with E-state index in [1.807, 2.05) is 30.5 Å². The molecule has 0 spiro atoms. The number of phenols is 1. The third-order valence-corrected chi connectivity index (χ3v) is 3.50. The monoisotopic (exact) mass is 264 g/mol. The molecule has 0 aliphatic carbocycles. The molecule has 0 unspecified atom stereocenters. The van der Waals surface area contributed by atoms with E-state index in [-0.39, 0.29) is 11.8 Å². The molecule has 0 bridgehead atoms. The van der Waals surface area contributed by atoms with Gasteiger partial charge in [-0.05, 0) is 31.5 Å². The van der Waals surface area contributed by atoms with Crippen LogP contribution >= 0.6 is 11.8 Å². The van der Waals surface area contributed by atoms with Gasteiger partial charge in [0.15, 0.2) is 5.16 Å². The normalized spacial score (nSPS) is 11.1. The first-order valence-electron chi connectivity index (χ1n) is 5.69. The molecule has 0 aliphatic rings. The molecule has 0 atom stereocenters. The Labute approximate surface area is 110 Å². The number of phenolic OH excluding ortho intramolecular Hbond substituents is 1. The van der Waals surface area contributed by atoms with Gasteiger partial charge in [0.1, 0.15) is 5.75 Å². The summed E-state index contributed by atoms with van der Waals surface area (Å²) in [5.74, 6) is 1.43. The van der Waals surface area contributed by atoms with E-state index in [9.17, 15) is 5.11 Å². The third-order valence-electron chi connectivity index (χ3n) is 2.49. The minimum atomic E-state index is 0.228. The lowest BCUT2D eigenvalue weighted by Gasteiger charge is -2.11. The van der Waals surface area contributed by atoms with Crippen molar-refractivity contribution in [3.63, 3.8) is 0 Å². The first-order chi connectivity index (χ1) is 8.58. The van der Waals surface area contributed by atoms with Crippen LogP contribution in [0.25, 0.3) is 0 Å². The average molecular weight is 264 g/mol. The third kappa shape index (κ3) is 2.76. The van der Waals surface area contributed by atoms with Crippen LogP contribution in [0.2, 0.25) is 0 Å². The number of benzene rings is 1. The number of nitrogens with two attached hydrogens (primary N) is 1. The number of anilines is 1. The van der Waals surface area contributed by atoms with Crippen LogP contribution < -0.4 is 5.73 Å². The highest BCUT2D eigenvalue weighted by atomic mass is 32.2. The molecule has 3 N–H and O–H groups in total. The Bertz CT molecular complexity index is 539. The lowest BCUT2D eigenvalue weighted by Crippen LogP contribution is -2.06. The predicted octanol–water partition coefficient (Wildman–Crippen LogP) is 2.44. The molecular formula is C12H16N4OS. The summed E-state index contributed by atoms with van der Waals surface area (Å²) in [7, 11) is 0. The van der Waals surface area contributed by atoms with Crippen molar-refractivity contribution in [3.8, 4) is 5.75 Å². The molecule has 1 aromatic carbocycles. The van der Waals surface area contributed by atoms with Crippen LogP contribution in [0.1, 0.15) is 25.5 Å². The topological polar surface area (TPSA) is 77.0 Å². The van der Waals surface area contributed by atoms with E-state index in [2.05, 4.69) is 10.2 Å². The molecule has 6 heteroatoms. The van der Waals surface area contributed by atoms with Gasteiger partial charge < -0.3 is 10.8 Å². The van der Waals surface area contributed by atoms with Crippen molar-refractivity contribution in [1.29, 1.82) is 0 Å². The molecule has 18 heavy (non-hydrogen) atoms. The summed E-state index contributed by atoms with van der Waals surface area (Å²) in [5.41, 5.74) is 6.81. The predicted molar refractivity (Wildman–Crippen MR) is 72.5 cm³/mol. The Morgan fingerprint density at radius 3 is 2.83 bits per heavy atom. The minimum Gasteiger partial charge on any atom is -0.508 e. The van der Waals surface area contributed by atoms with E-state index >= 15 is 0 Å². The molecule has 1 aromatic heterocycles. The fourth-order valence-electron chi connectivity index (χ4n) is 1.67. The standard InChI is InChI=1S/C12H16N4OS/c1-8(2)16-11(13)14-15-12(16)18-7-9-4-3-5-10(17)6-9/h3-6,8,17H,7H2,1-2H3,(H2,13,14). The number of hydrogen-bond acceptors (Lipinski definition) is 5. The first-order valence-corrected chi connectivity index (χ1v) is 6.67. The molecule has 0 amide bonds. The molecule has 2 rings (SSSR count). The first kappa shape index (κ1) is 12.8. The lowest BCUT2D eigenvalue weighted by molar-refractivity contribution is 0.475. The molecule has 0 aliphatic heterocycles. The van der Waals surface area contributed by atoms with Crippen molar-refractivity contribution in [2.45, 2.75) is 30.8 Å². The van der Waals surface area contributed by atoms with Gasteiger partial charge in [0.2, 0.25) is 5.95 Å². The van der Waals surface area contributed by atoms with Gasteiger partial charge in [0, 0.05) is 11.8 Å². The zero-order chi connectivity index (χ0) is 13.1. The van der Waals surface area contributed by atoms with Gasteiger partial charge >= 0.3 is 0 Å². The molecule has 0 saturated carbocycles. The summed E-state index contributed by atoms with van der Waals surface area (Å²) >= 11 is 1.56. The van der Waals surface area contributed by atoms with Gasteiger partial charge in [-0.15, -0.1) is 10.2 Å². The van der Waals surface area contributed by atoms with E-state index in [0.717, 1.165) is 16.5 Å². The second kappa shape index (κ2) is 5.30. The largest absolute Gasteiger partial charge is 0.508 e. The number of thioether (sulfide) groups is 1. The van der Waals surface area contributed by atoms with Crippen molar-refractivity contribution in [2.24, 2.45) is 0 Å². The van der Waals surface area contributed by atoms with Crippen LogP contribution in [-0.2, 0) is 5.75 Å². The number of aromatic nitrogens is 3. The Hall–Kier alpha value is -1.69. The average Bonchev–Trinajstić information content (AvgIpc) is 2.68. The van der Waals surface area contributed by atoms with Crippen LogP contribution in [0.4, 0.5) is 5.95 Å². The van der Waals surface area contributed by atoms with Gasteiger partial charge in [-0.3, -0.25) is 4.57 Å². The fourth-order valence-corrected chi connectivity index (χ4v) is 2.68. The second-order valence-corrected chi connectivity index (χ2v) is 5.21. The fraction of sp³-hybridized carbons (Fsp3) is 0.333. The summed E-state index contributed by atoms with van der Waals surface area (Å²) in [5, 5.41) is 18.1. The van der Waals surface area contributed by atoms with Crippen molar-refractivity contribution in [3.05, 3.63) is 29.8 Å². The molecule has 96 valence electrons. The minimum absolute atomic E-state index is 0.228. The van der Waals surface area contributed by atoms with Crippen molar-refractivity contribution < 1.29 is 5.11 Å². The zero-order valence-corrected chi connectivity index (χ0v) is 11.2. The van der Waals surface area contributed by atoms with Crippen LogP contribution in [-0.4, -0.2) is 19.9 Å². The number of hydrogen-bond donors (Lipinski definition) is 2. The van der Waals surface area contributed by atoms with Gasteiger partial charge in [-0.2, -0.15) is 0 Å². The van der Waals surface area contributed by atoms with E-state index in [1.165, 1.54) is 0 Å². The number of nitrogens with zero attached hydrogens (tertiary/aromatic N) is 3.